The number of carbonyl (C=O) groups excluding carboxylic acids is 1. The molecule has 1 unspecified atom stereocenters. The van der Waals surface area contributed by atoms with E-state index >= 15 is 0 Å². The SMILES string of the molecule is O=C(Cc1ccccc1Cl)NC1CCN(c2ccccn2)C1. The second-order valence-corrected chi connectivity index (χ2v) is 5.86. The minimum atomic E-state index is 0.0148. The van der Waals surface area contributed by atoms with Crippen LogP contribution in [0.15, 0.2) is 48.7 Å². The van der Waals surface area contributed by atoms with Gasteiger partial charge in [0, 0.05) is 30.4 Å². The zero-order valence-corrected chi connectivity index (χ0v) is 13.0. The number of benzene rings is 1. The van der Waals surface area contributed by atoms with Crippen molar-refractivity contribution in [3.63, 3.8) is 0 Å². The van der Waals surface area contributed by atoms with Crippen LogP contribution in [0.25, 0.3) is 0 Å². The summed E-state index contributed by atoms with van der Waals surface area (Å²) < 4.78 is 0. The Morgan fingerprint density at radius 3 is 2.86 bits per heavy atom. The Bertz CT molecular complexity index is 647. The number of nitrogens with one attached hydrogen (secondary N) is 1. The van der Waals surface area contributed by atoms with Gasteiger partial charge in [-0.1, -0.05) is 35.9 Å². The van der Waals surface area contributed by atoms with E-state index in [9.17, 15) is 4.79 Å². The average molecular weight is 316 g/mol. The first-order valence-electron chi connectivity index (χ1n) is 7.41. The Kier molecular flexibility index (Phi) is 4.59. The van der Waals surface area contributed by atoms with E-state index in [1.807, 2.05) is 42.5 Å². The zero-order chi connectivity index (χ0) is 15.4. The molecule has 1 N–H and O–H groups in total. The summed E-state index contributed by atoms with van der Waals surface area (Å²) >= 11 is 6.09. The molecule has 1 atom stereocenters. The molecule has 0 radical (unpaired) electrons. The normalized spacial score (nSPS) is 17.5. The first kappa shape index (κ1) is 14.9. The van der Waals surface area contributed by atoms with Crippen LogP contribution in [-0.4, -0.2) is 30.0 Å². The number of aromatic nitrogens is 1. The molecule has 0 spiro atoms. The highest BCUT2D eigenvalue weighted by molar-refractivity contribution is 6.31. The molecule has 4 nitrogen and oxygen atoms in total. The first-order valence-corrected chi connectivity index (χ1v) is 7.79. The molecule has 1 amide bonds. The van der Waals surface area contributed by atoms with Gasteiger partial charge in [0.25, 0.3) is 0 Å². The predicted molar refractivity (Wildman–Crippen MR) is 88.2 cm³/mol. The molecule has 0 bridgehead atoms. The third-order valence-corrected chi connectivity index (χ3v) is 4.20. The van der Waals surface area contributed by atoms with Crippen LogP contribution in [0.1, 0.15) is 12.0 Å². The molecule has 1 fully saturated rings. The van der Waals surface area contributed by atoms with Crippen molar-refractivity contribution in [2.45, 2.75) is 18.9 Å². The molecule has 1 aliphatic rings. The van der Waals surface area contributed by atoms with E-state index in [0.717, 1.165) is 30.9 Å². The van der Waals surface area contributed by atoms with Gasteiger partial charge in [0.15, 0.2) is 0 Å². The monoisotopic (exact) mass is 315 g/mol. The molecule has 0 saturated carbocycles. The van der Waals surface area contributed by atoms with Crippen LogP contribution in [0.4, 0.5) is 5.82 Å². The first-order chi connectivity index (χ1) is 10.7. The molecule has 1 aliphatic heterocycles. The molecule has 1 aromatic heterocycles. The van der Waals surface area contributed by atoms with E-state index < -0.39 is 0 Å². The van der Waals surface area contributed by atoms with E-state index in [0.29, 0.717) is 11.4 Å². The van der Waals surface area contributed by atoms with Gasteiger partial charge < -0.3 is 10.2 Å². The van der Waals surface area contributed by atoms with Crippen molar-refractivity contribution < 1.29 is 4.79 Å². The van der Waals surface area contributed by atoms with Crippen LogP contribution in [0.5, 0.6) is 0 Å². The lowest BCUT2D eigenvalue weighted by Crippen LogP contribution is -2.38. The maximum Gasteiger partial charge on any atom is 0.224 e. The summed E-state index contributed by atoms with van der Waals surface area (Å²) in [5.41, 5.74) is 0.862. The van der Waals surface area contributed by atoms with Crippen molar-refractivity contribution in [1.29, 1.82) is 0 Å². The molecule has 1 saturated heterocycles. The number of carbonyl (C=O) groups is 1. The minimum Gasteiger partial charge on any atom is -0.354 e. The molecule has 5 heteroatoms. The number of halogens is 1. The van der Waals surface area contributed by atoms with Crippen LogP contribution < -0.4 is 10.2 Å². The second-order valence-electron chi connectivity index (χ2n) is 5.46. The van der Waals surface area contributed by atoms with Gasteiger partial charge in [0.1, 0.15) is 5.82 Å². The van der Waals surface area contributed by atoms with E-state index in [1.54, 1.807) is 6.20 Å². The summed E-state index contributed by atoms with van der Waals surface area (Å²) in [5.74, 6) is 0.978. The number of anilines is 1. The van der Waals surface area contributed by atoms with Crippen LogP contribution in [0.2, 0.25) is 5.02 Å². The molecule has 0 aliphatic carbocycles. The van der Waals surface area contributed by atoms with Crippen LogP contribution >= 0.6 is 11.6 Å². The van der Waals surface area contributed by atoms with Crippen molar-refractivity contribution in [3.8, 4) is 0 Å². The maximum absolute atomic E-state index is 12.2. The number of hydrogen-bond donors (Lipinski definition) is 1. The molecule has 2 aromatic rings. The Morgan fingerprint density at radius 1 is 1.27 bits per heavy atom. The topological polar surface area (TPSA) is 45.2 Å². The largest absolute Gasteiger partial charge is 0.354 e. The zero-order valence-electron chi connectivity index (χ0n) is 12.2. The smallest absolute Gasteiger partial charge is 0.224 e. The molecule has 1 aromatic carbocycles. The van der Waals surface area contributed by atoms with Gasteiger partial charge in [0.05, 0.1) is 6.42 Å². The number of nitrogens with zero attached hydrogens (tertiary/aromatic N) is 2. The summed E-state index contributed by atoms with van der Waals surface area (Å²) in [6.07, 6.45) is 3.04. The maximum atomic E-state index is 12.2. The third kappa shape index (κ3) is 3.57. The lowest BCUT2D eigenvalue weighted by molar-refractivity contribution is -0.121. The van der Waals surface area contributed by atoms with Gasteiger partial charge in [-0.3, -0.25) is 4.79 Å². The quantitative estimate of drug-likeness (QED) is 0.943. The van der Waals surface area contributed by atoms with Gasteiger partial charge in [-0.15, -0.1) is 0 Å². The fourth-order valence-corrected chi connectivity index (χ4v) is 2.92. The third-order valence-electron chi connectivity index (χ3n) is 3.84. The lowest BCUT2D eigenvalue weighted by Gasteiger charge is -2.17. The summed E-state index contributed by atoms with van der Waals surface area (Å²) in [6.45, 7) is 1.71. The van der Waals surface area contributed by atoms with Crippen LogP contribution in [0, 0.1) is 0 Å². The summed E-state index contributed by atoms with van der Waals surface area (Å²) in [6, 6.07) is 13.5. The van der Waals surface area contributed by atoms with E-state index in [1.165, 1.54) is 0 Å². The van der Waals surface area contributed by atoms with E-state index in [4.69, 9.17) is 11.6 Å². The number of hydrogen-bond acceptors (Lipinski definition) is 3. The fourth-order valence-electron chi connectivity index (χ4n) is 2.72. The van der Waals surface area contributed by atoms with E-state index in [-0.39, 0.29) is 11.9 Å². The Morgan fingerprint density at radius 2 is 2.09 bits per heavy atom. The molecule has 114 valence electrons. The fraction of sp³-hybridized carbons (Fsp3) is 0.294. The van der Waals surface area contributed by atoms with Crippen molar-refractivity contribution in [1.82, 2.24) is 10.3 Å². The van der Waals surface area contributed by atoms with Gasteiger partial charge >= 0.3 is 0 Å². The standard InChI is InChI=1S/C17H18ClN3O/c18-15-6-2-1-5-13(15)11-17(22)20-14-8-10-21(12-14)16-7-3-4-9-19-16/h1-7,9,14H,8,10-12H2,(H,20,22). The van der Waals surface area contributed by atoms with Crippen LogP contribution in [0.3, 0.4) is 0 Å². The van der Waals surface area contributed by atoms with Gasteiger partial charge in [-0.2, -0.15) is 0 Å². The highest BCUT2D eigenvalue weighted by Crippen LogP contribution is 2.18. The Labute approximate surface area is 135 Å². The van der Waals surface area contributed by atoms with E-state index in [2.05, 4.69) is 15.2 Å². The molecular formula is C17H18ClN3O. The highest BCUT2D eigenvalue weighted by Gasteiger charge is 2.24. The number of rotatable bonds is 4. The summed E-state index contributed by atoms with van der Waals surface area (Å²) in [7, 11) is 0. The van der Waals surface area contributed by atoms with Gasteiger partial charge in [-0.05, 0) is 30.2 Å². The van der Waals surface area contributed by atoms with Crippen molar-refractivity contribution in [2.24, 2.45) is 0 Å². The second kappa shape index (κ2) is 6.79. The molecular weight excluding hydrogens is 298 g/mol. The van der Waals surface area contributed by atoms with Crippen molar-refractivity contribution in [2.75, 3.05) is 18.0 Å². The molecule has 3 rings (SSSR count). The Hall–Kier alpha value is -2.07. The van der Waals surface area contributed by atoms with Crippen molar-refractivity contribution in [3.05, 3.63) is 59.2 Å². The lowest BCUT2D eigenvalue weighted by atomic mass is 10.1. The molecule has 2 heterocycles. The number of pyridine rings is 1. The minimum absolute atomic E-state index is 0.0148. The summed E-state index contributed by atoms with van der Waals surface area (Å²) in [4.78, 5) is 18.7. The average Bonchev–Trinajstić information content (AvgIpc) is 2.99. The van der Waals surface area contributed by atoms with Crippen molar-refractivity contribution >= 4 is 23.3 Å². The summed E-state index contributed by atoms with van der Waals surface area (Å²) in [5, 5.41) is 3.73. The predicted octanol–water partition coefficient (Wildman–Crippen LogP) is 2.67. The van der Waals surface area contributed by atoms with Crippen LogP contribution in [-0.2, 0) is 11.2 Å². The Balaban J connectivity index is 1.54. The number of amides is 1. The molecule has 22 heavy (non-hydrogen) atoms. The van der Waals surface area contributed by atoms with Gasteiger partial charge in [-0.25, -0.2) is 4.98 Å². The highest BCUT2D eigenvalue weighted by atomic mass is 35.5. The van der Waals surface area contributed by atoms with Gasteiger partial charge in [0.2, 0.25) is 5.91 Å².